The summed E-state index contributed by atoms with van der Waals surface area (Å²) in [7, 11) is 0. The third-order valence-corrected chi connectivity index (χ3v) is 6.42. The molecule has 1 aromatic carbocycles. The number of alkyl halides is 3. The zero-order valence-electron chi connectivity index (χ0n) is 18.1. The number of anilines is 2. The van der Waals surface area contributed by atoms with E-state index in [1.54, 1.807) is 4.90 Å². The van der Waals surface area contributed by atoms with Gasteiger partial charge in [0.15, 0.2) is 6.04 Å². The van der Waals surface area contributed by atoms with Crippen LogP contribution in [0.4, 0.5) is 24.5 Å². The maximum atomic E-state index is 13.8. The largest absolute Gasteiger partial charge is 0.418 e. The highest BCUT2D eigenvalue weighted by Crippen LogP contribution is 2.38. The average Bonchev–Trinajstić information content (AvgIpc) is 3.54. The van der Waals surface area contributed by atoms with Crippen molar-refractivity contribution in [1.82, 2.24) is 4.90 Å². The molecule has 3 aliphatic rings. The molecular weight excluding hydrogens is 441 g/mol. The molecule has 33 heavy (non-hydrogen) atoms. The van der Waals surface area contributed by atoms with Crippen LogP contribution in [0.25, 0.3) is 0 Å². The number of nitrogens with zero attached hydrogens (tertiary/aromatic N) is 2. The number of carbonyl (C=O) groups excluding carboxylic acids is 3. The fourth-order valence-corrected chi connectivity index (χ4v) is 4.32. The summed E-state index contributed by atoms with van der Waals surface area (Å²) in [5, 5.41) is 2.28. The van der Waals surface area contributed by atoms with Crippen LogP contribution in [-0.2, 0) is 25.3 Å². The Morgan fingerprint density at radius 2 is 1.97 bits per heavy atom. The fraction of sp³-hybridized carbons (Fsp3) is 0.591. The van der Waals surface area contributed by atoms with Crippen molar-refractivity contribution >= 4 is 29.1 Å². The van der Waals surface area contributed by atoms with Crippen LogP contribution in [0.15, 0.2) is 18.2 Å². The number of rotatable bonds is 8. The topological polar surface area (TPSA) is 105 Å². The first kappa shape index (κ1) is 23.5. The third kappa shape index (κ3) is 5.30. The van der Waals surface area contributed by atoms with Gasteiger partial charge in [-0.15, -0.1) is 0 Å². The Balaban J connectivity index is 1.58. The van der Waals surface area contributed by atoms with Crippen LogP contribution < -0.4 is 16.0 Å². The van der Waals surface area contributed by atoms with Crippen molar-refractivity contribution < 1.29 is 32.3 Å². The molecule has 1 saturated heterocycles. The summed E-state index contributed by atoms with van der Waals surface area (Å²) in [6.07, 6.45) is -0.0753. The highest BCUT2D eigenvalue weighted by molar-refractivity contribution is 6.10. The molecule has 0 spiro atoms. The van der Waals surface area contributed by atoms with E-state index in [-0.39, 0.29) is 31.5 Å². The standard InChI is InChI=1S/C22H27F3N4O4/c23-22(24,25)16-10-15(28-8-9-33-12-18(28)30)6-7-17(16)27-21(32)19(20(26)31)29(14-4-5-14)11-13-2-1-3-13/h6-7,10,13-14,19H,1-5,8-9,11-12H2,(H2,26,31)(H,27,32)/t19-/m1/s1. The Morgan fingerprint density at radius 3 is 2.52 bits per heavy atom. The van der Waals surface area contributed by atoms with Gasteiger partial charge in [-0.25, -0.2) is 0 Å². The molecule has 3 amide bonds. The van der Waals surface area contributed by atoms with Crippen LogP contribution in [0.3, 0.4) is 0 Å². The molecule has 0 bridgehead atoms. The van der Waals surface area contributed by atoms with Crippen LogP contribution in [0.5, 0.6) is 0 Å². The van der Waals surface area contributed by atoms with E-state index in [4.69, 9.17) is 10.5 Å². The summed E-state index contributed by atoms with van der Waals surface area (Å²) in [4.78, 5) is 40.2. The van der Waals surface area contributed by atoms with Crippen molar-refractivity contribution in [3.63, 3.8) is 0 Å². The normalized spacial score (nSPS) is 20.5. The first-order valence-corrected chi connectivity index (χ1v) is 11.1. The SMILES string of the molecule is NC(=O)[C@H](C(=O)Nc1ccc(N2CCOCC2=O)cc1C(F)(F)F)N(CC1CCC1)C1CC1. The predicted octanol–water partition coefficient (Wildman–Crippen LogP) is 2.13. The monoisotopic (exact) mass is 468 g/mol. The minimum atomic E-state index is -4.79. The molecule has 11 heteroatoms. The Kier molecular flexibility index (Phi) is 6.62. The van der Waals surface area contributed by atoms with Crippen LogP contribution in [-0.4, -0.2) is 61.0 Å². The lowest BCUT2D eigenvalue weighted by molar-refractivity contribution is -0.137. The molecule has 2 saturated carbocycles. The minimum Gasteiger partial charge on any atom is -0.370 e. The Bertz CT molecular complexity index is 931. The van der Waals surface area contributed by atoms with Crippen molar-refractivity contribution in [3.05, 3.63) is 23.8 Å². The van der Waals surface area contributed by atoms with Gasteiger partial charge in [-0.2, -0.15) is 13.2 Å². The van der Waals surface area contributed by atoms with Crippen molar-refractivity contribution in [2.24, 2.45) is 11.7 Å². The van der Waals surface area contributed by atoms with Crippen LogP contribution in [0, 0.1) is 5.92 Å². The number of ether oxygens (including phenoxy) is 1. The summed E-state index contributed by atoms with van der Waals surface area (Å²) < 4.78 is 46.6. The lowest BCUT2D eigenvalue weighted by atomic mass is 9.84. The van der Waals surface area contributed by atoms with Gasteiger partial charge in [0, 0.05) is 24.8 Å². The number of hydrogen-bond donors (Lipinski definition) is 2. The smallest absolute Gasteiger partial charge is 0.370 e. The minimum absolute atomic E-state index is 0.0330. The number of hydrogen-bond acceptors (Lipinski definition) is 5. The van der Waals surface area contributed by atoms with E-state index in [1.165, 1.54) is 11.0 Å². The molecule has 4 rings (SSSR count). The molecule has 0 aromatic heterocycles. The van der Waals surface area contributed by atoms with E-state index in [0.29, 0.717) is 12.5 Å². The molecule has 0 radical (unpaired) electrons. The highest BCUT2D eigenvalue weighted by Gasteiger charge is 2.43. The molecule has 8 nitrogen and oxygen atoms in total. The summed E-state index contributed by atoms with van der Waals surface area (Å²) in [6.45, 7) is 0.654. The van der Waals surface area contributed by atoms with Gasteiger partial charge in [0.2, 0.25) is 5.91 Å². The Hall–Kier alpha value is -2.66. The van der Waals surface area contributed by atoms with Crippen LogP contribution in [0.2, 0.25) is 0 Å². The lowest BCUT2D eigenvalue weighted by Crippen LogP contribution is -2.54. The van der Waals surface area contributed by atoms with Gasteiger partial charge >= 0.3 is 6.18 Å². The number of nitrogens with two attached hydrogens (primary N) is 1. The maximum absolute atomic E-state index is 13.8. The average molecular weight is 468 g/mol. The van der Waals surface area contributed by atoms with Gasteiger partial charge < -0.3 is 20.7 Å². The summed E-state index contributed by atoms with van der Waals surface area (Å²) in [6, 6.07) is 1.95. The van der Waals surface area contributed by atoms with E-state index in [1.807, 2.05) is 0 Å². The molecule has 1 aliphatic heterocycles. The summed E-state index contributed by atoms with van der Waals surface area (Å²) >= 11 is 0. The van der Waals surface area contributed by atoms with E-state index < -0.39 is 41.2 Å². The molecule has 3 fully saturated rings. The van der Waals surface area contributed by atoms with Crippen molar-refractivity contribution in [3.8, 4) is 0 Å². The van der Waals surface area contributed by atoms with Gasteiger partial charge in [-0.05, 0) is 49.8 Å². The number of halogens is 3. The number of amides is 3. The second-order valence-electron chi connectivity index (χ2n) is 8.84. The Labute approximate surface area is 189 Å². The van der Waals surface area contributed by atoms with Crippen molar-refractivity contribution in [2.75, 3.05) is 36.5 Å². The molecule has 1 heterocycles. The van der Waals surface area contributed by atoms with Gasteiger partial charge in [0.1, 0.15) is 6.61 Å². The molecule has 2 aliphatic carbocycles. The van der Waals surface area contributed by atoms with Gasteiger partial charge in [0.05, 0.1) is 17.9 Å². The number of nitrogens with one attached hydrogen (secondary N) is 1. The molecule has 0 unspecified atom stereocenters. The predicted molar refractivity (Wildman–Crippen MR) is 113 cm³/mol. The summed E-state index contributed by atoms with van der Waals surface area (Å²) in [5.74, 6) is -1.86. The van der Waals surface area contributed by atoms with E-state index in [0.717, 1.165) is 44.2 Å². The third-order valence-electron chi connectivity index (χ3n) is 6.42. The van der Waals surface area contributed by atoms with Crippen LogP contribution >= 0.6 is 0 Å². The second kappa shape index (κ2) is 9.30. The fourth-order valence-electron chi connectivity index (χ4n) is 4.32. The quantitative estimate of drug-likeness (QED) is 0.569. The van der Waals surface area contributed by atoms with Crippen molar-refractivity contribution in [2.45, 2.75) is 50.4 Å². The molecule has 180 valence electrons. The molecule has 3 N–H and O–H groups in total. The Morgan fingerprint density at radius 1 is 1.24 bits per heavy atom. The highest BCUT2D eigenvalue weighted by atomic mass is 19.4. The van der Waals surface area contributed by atoms with E-state index >= 15 is 0 Å². The lowest BCUT2D eigenvalue weighted by Gasteiger charge is -2.35. The van der Waals surface area contributed by atoms with E-state index in [9.17, 15) is 27.6 Å². The molecule has 1 atom stereocenters. The van der Waals surface area contributed by atoms with Crippen molar-refractivity contribution in [1.29, 1.82) is 0 Å². The first-order valence-electron chi connectivity index (χ1n) is 11.1. The van der Waals surface area contributed by atoms with Crippen LogP contribution in [0.1, 0.15) is 37.7 Å². The first-order chi connectivity index (χ1) is 15.6. The zero-order valence-corrected chi connectivity index (χ0v) is 18.1. The second-order valence-corrected chi connectivity index (χ2v) is 8.84. The van der Waals surface area contributed by atoms with Gasteiger partial charge in [0.25, 0.3) is 11.8 Å². The number of primary amides is 1. The van der Waals surface area contributed by atoms with E-state index in [2.05, 4.69) is 5.32 Å². The molecular formula is C22H27F3N4O4. The number of morpholine rings is 1. The zero-order chi connectivity index (χ0) is 23.8. The number of benzene rings is 1. The maximum Gasteiger partial charge on any atom is 0.418 e. The van der Waals surface area contributed by atoms with Gasteiger partial charge in [-0.1, -0.05) is 6.42 Å². The molecule has 1 aromatic rings. The summed E-state index contributed by atoms with van der Waals surface area (Å²) in [5.41, 5.74) is 4.01. The number of carbonyl (C=O) groups is 3. The van der Waals surface area contributed by atoms with Gasteiger partial charge in [-0.3, -0.25) is 19.3 Å².